The van der Waals surface area contributed by atoms with Crippen molar-refractivity contribution in [3.8, 4) is 0 Å². The van der Waals surface area contributed by atoms with Crippen LogP contribution in [0.25, 0.3) is 0 Å². The highest BCUT2D eigenvalue weighted by atomic mass is 16.5. The van der Waals surface area contributed by atoms with Crippen LogP contribution in [0.15, 0.2) is 29.3 Å². The van der Waals surface area contributed by atoms with Crippen LogP contribution in [0.2, 0.25) is 0 Å². The first-order valence-electron chi connectivity index (χ1n) is 4.03. The van der Waals surface area contributed by atoms with E-state index in [0.29, 0.717) is 5.56 Å². The number of carbonyl (C=O) groups excluding carboxylic acids is 1. The maximum absolute atomic E-state index is 11.6. The van der Waals surface area contributed by atoms with Crippen molar-refractivity contribution in [1.82, 2.24) is 0 Å². The number of rotatable bonds is 1. The van der Waals surface area contributed by atoms with Gasteiger partial charge in [-0.05, 0) is 12.1 Å². The fourth-order valence-electron chi connectivity index (χ4n) is 1.33. The Bertz CT molecular complexity index is 371. The average molecular weight is 175 g/mol. The Balaban J connectivity index is 2.48. The van der Waals surface area contributed by atoms with Crippen LogP contribution < -0.4 is 0 Å². The number of fused-ring (bicyclic) bond motifs is 1. The number of hydrogen-bond donors (Lipinski definition) is 0. The van der Waals surface area contributed by atoms with Crippen LogP contribution in [0, 0.1) is 0 Å². The molecule has 0 aliphatic carbocycles. The second-order valence-electron chi connectivity index (χ2n) is 2.82. The predicted molar refractivity (Wildman–Crippen MR) is 49.7 cm³/mol. The molecule has 3 nitrogen and oxygen atoms in total. The maximum atomic E-state index is 11.6. The maximum Gasteiger partial charge on any atom is 0.199 e. The molecule has 1 heterocycles. The summed E-state index contributed by atoms with van der Waals surface area (Å²) in [6, 6.07) is 7.26. The number of methoxy groups -OCH3 is 1. The molecule has 0 amide bonds. The molecular formula is C10H9NO2. The molecule has 0 bridgehead atoms. The third-order valence-electron chi connectivity index (χ3n) is 2.03. The first-order chi connectivity index (χ1) is 6.33. The first-order valence-corrected chi connectivity index (χ1v) is 4.03. The predicted octanol–water partition coefficient (Wildman–Crippen LogP) is 1.60. The van der Waals surface area contributed by atoms with E-state index in [1.54, 1.807) is 6.07 Å². The van der Waals surface area contributed by atoms with E-state index in [0.717, 1.165) is 5.69 Å². The highest BCUT2D eigenvalue weighted by Gasteiger charge is 2.23. The summed E-state index contributed by atoms with van der Waals surface area (Å²) in [7, 11) is 1.50. The molecular weight excluding hydrogens is 166 g/mol. The first kappa shape index (κ1) is 8.13. The minimum atomic E-state index is -0.519. The van der Waals surface area contributed by atoms with E-state index < -0.39 is 6.10 Å². The molecule has 0 radical (unpaired) electrons. The van der Waals surface area contributed by atoms with Crippen LogP contribution >= 0.6 is 0 Å². The number of ether oxygens (including phenoxy) is 1. The van der Waals surface area contributed by atoms with Crippen LogP contribution in [-0.2, 0) is 4.74 Å². The third-order valence-corrected chi connectivity index (χ3v) is 2.03. The van der Waals surface area contributed by atoms with Gasteiger partial charge in [0.05, 0.1) is 5.69 Å². The van der Waals surface area contributed by atoms with Crippen LogP contribution in [0.1, 0.15) is 10.4 Å². The molecule has 0 saturated carbocycles. The van der Waals surface area contributed by atoms with E-state index in [9.17, 15) is 4.79 Å². The molecule has 3 heteroatoms. The molecule has 1 aromatic carbocycles. The van der Waals surface area contributed by atoms with Gasteiger partial charge in [0.1, 0.15) is 0 Å². The summed E-state index contributed by atoms with van der Waals surface area (Å²) in [6.45, 7) is 0. The van der Waals surface area contributed by atoms with Crippen LogP contribution in [-0.4, -0.2) is 25.2 Å². The monoisotopic (exact) mass is 175 g/mol. The van der Waals surface area contributed by atoms with Gasteiger partial charge in [-0.2, -0.15) is 0 Å². The zero-order valence-corrected chi connectivity index (χ0v) is 7.23. The molecule has 1 unspecified atom stereocenters. The lowest BCUT2D eigenvalue weighted by Crippen LogP contribution is -2.26. The smallest absolute Gasteiger partial charge is 0.199 e. The standard InChI is InChI=1S/C10H9NO2/c1-13-9-6-11-8-5-3-2-4-7(8)10(9)12/h2-6,9H,1H3. The quantitative estimate of drug-likeness (QED) is 0.650. The molecule has 0 saturated heterocycles. The lowest BCUT2D eigenvalue weighted by Gasteiger charge is -2.15. The Labute approximate surface area is 76.1 Å². The molecule has 66 valence electrons. The largest absolute Gasteiger partial charge is 0.368 e. The summed E-state index contributed by atoms with van der Waals surface area (Å²) in [6.07, 6.45) is 1.01. The lowest BCUT2D eigenvalue weighted by atomic mass is 10.0. The molecule has 0 N–H and O–H groups in total. The van der Waals surface area contributed by atoms with Gasteiger partial charge in [0.2, 0.25) is 0 Å². The fraction of sp³-hybridized carbons (Fsp3) is 0.200. The Morgan fingerprint density at radius 2 is 2.15 bits per heavy atom. The second-order valence-corrected chi connectivity index (χ2v) is 2.82. The van der Waals surface area contributed by atoms with Crippen molar-refractivity contribution in [1.29, 1.82) is 0 Å². The average Bonchev–Trinajstić information content (AvgIpc) is 2.19. The number of ketones is 1. The highest BCUT2D eigenvalue weighted by Crippen LogP contribution is 2.23. The van der Waals surface area contributed by atoms with Crippen LogP contribution in [0.3, 0.4) is 0 Å². The van der Waals surface area contributed by atoms with Gasteiger partial charge in [0.15, 0.2) is 11.9 Å². The fourth-order valence-corrected chi connectivity index (χ4v) is 1.33. The van der Waals surface area contributed by atoms with Gasteiger partial charge in [-0.25, -0.2) is 0 Å². The number of aliphatic imine (C=N–C) groups is 1. The van der Waals surface area contributed by atoms with E-state index >= 15 is 0 Å². The normalized spacial score (nSPS) is 20.1. The second kappa shape index (κ2) is 3.11. The highest BCUT2D eigenvalue weighted by molar-refractivity contribution is 6.14. The molecule has 2 rings (SSSR count). The third kappa shape index (κ3) is 1.27. The van der Waals surface area contributed by atoms with Crippen molar-refractivity contribution < 1.29 is 9.53 Å². The molecule has 0 aromatic heterocycles. The summed E-state index contributed by atoms with van der Waals surface area (Å²) in [4.78, 5) is 15.8. The van der Waals surface area contributed by atoms with E-state index in [1.807, 2.05) is 18.2 Å². The van der Waals surface area contributed by atoms with Gasteiger partial charge >= 0.3 is 0 Å². The van der Waals surface area contributed by atoms with Crippen molar-refractivity contribution in [2.45, 2.75) is 6.10 Å². The van der Waals surface area contributed by atoms with Crippen molar-refractivity contribution >= 4 is 17.7 Å². The van der Waals surface area contributed by atoms with Crippen molar-refractivity contribution in [3.05, 3.63) is 29.8 Å². The Hall–Kier alpha value is -1.48. The van der Waals surface area contributed by atoms with E-state index in [1.165, 1.54) is 13.3 Å². The minimum Gasteiger partial charge on any atom is -0.368 e. The van der Waals surface area contributed by atoms with Gasteiger partial charge in [-0.3, -0.25) is 9.79 Å². The van der Waals surface area contributed by atoms with Crippen molar-refractivity contribution in [2.24, 2.45) is 4.99 Å². The molecule has 13 heavy (non-hydrogen) atoms. The van der Waals surface area contributed by atoms with Gasteiger partial charge in [0, 0.05) is 18.9 Å². The minimum absolute atomic E-state index is 0.0203. The number of hydrogen-bond acceptors (Lipinski definition) is 3. The lowest BCUT2D eigenvalue weighted by molar-refractivity contribution is 0.0761. The summed E-state index contributed by atoms with van der Waals surface area (Å²) >= 11 is 0. The molecule has 1 aromatic rings. The molecule has 1 aliphatic rings. The number of para-hydroxylation sites is 1. The number of nitrogens with zero attached hydrogens (tertiary/aromatic N) is 1. The Kier molecular flexibility index (Phi) is 1.94. The van der Waals surface area contributed by atoms with E-state index in [-0.39, 0.29) is 5.78 Å². The van der Waals surface area contributed by atoms with Gasteiger partial charge in [-0.1, -0.05) is 12.1 Å². The molecule has 1 aliphatic heterocycles. The summed E-state index contributed by atoms with van der Waals surface area (Å²) in [5, 5.41) is 0. The van der Waals surface area contributed by atoms with E-state index in [4.69, 9.17) is 4.74 Å². The SMILES string of the molecule is COC1C=Nc2ccccc2C1=O. The summed E-state index contributed by atoms with van der Waals surface area (Å²) < 4.78 is 4.96. The molecule has 0 fully saturated rings. The summed E-state index contributed by atoms with van der Waals surface area (Å²) in [5.41, 5.74) is 1.36. The van der Waals surface area contributed by atoms with Gasteiger partial charge < -0.3 is 4.74 Å². The Morgan fingerprint density at radius 3 is 2.92 bits per heavy atom. The molecule has 1 atom stereocenters. The van der Waals surface area contributed by atoms with Gasteiger partial charge in [-0.15, -0.1) is 0 Å². The van der Waals surface area contributed by atoms with Crippen molar-refractivity contribution in [3.63, 3.8) is 0 Å². The number of benzene rings is 1. The number of carbonyl (C=O) groups is 1. The molecule has 0 spiro atoms. The van der Waals surface area contributed by atoms with Crippen LogP contribution in [0.5, 0.6) is 0 Å². The van der Waals surface area contributed by atoms with E-state index in [2.05, 4.69) is 4.99 Å². The van der Waals surface area contributed by atoms with Crippen molar-refractivity contribution in [2.75, 3.05) is 7.11 Å². The summed E-state index contributed by atoms with van der Waals surface area (Å²) in [5.74, 6) is -0.0203. The zero-order valence-electron chi connectivity index (χ0n) is 7.23. The van der Waals surface area contributed by atoms with Crippen LogP contribution in [0.4, 0.5) is 5.69 Å². The zero-order chi connectivity index (χ0) is 9.26. The van der Waals surface area contributed by atoms with Gasteiger partial charge in [0.25, 0.3) is 0 Å². The number of Topliss-reactive ketones (excluding diaryl/α,β-unsaturated/α-hetero) is 1. The topological polar surface area (TPSA) is 38.7 Å². The Morgan fingerprint density at radius 1 is 1.38 bits per heavy atom.